The fraction of sp³-hybridized carbons (Fsp3) is 0.588. The summed E-state index contributed by atoms with van der Waals surface area (Å²) in [6.07, 6.45) is 4.15. The van der Waals surface area contributed by atoms with E-state index in [1.807, 2.05) is 26.2 Å². The molecule has 2 aliphatic rings. The van der Waals surface area contributed by atoms with Crippen LogP contribution in [0, 0.1) is 11.3 Å². The summed E-state index contributed by atoms with van der Waals surface area (Å²) < 4.78 is 5.70. The second-order valence-corrected chi connectivity index (χ2v) is 7.13. The molecule has 0 spiro atoms. The third-order valence-corrected chi connectivity index (χ3v) is 4.93. The topological polar surface area (TPSA) is 66.2 Å². The Labute approximate surface area is 141 Å². The lowest BCUT2D eigenvalue weighted by molar-refractivity contribution is -0.0586. The van der Waals surface area contributed by atoms with E-state index >= 15 is 0 Å². The second-order valence-electron chi connectivity index (χ2n) is 6.33. The number of carbonyl (C=O) groups is 1. The quantitative estimate of drug-likeness (QED) is 0.797. The molecule has 0 aromatic carbocycles. The first-order valence-electron chi connectivity index (χ1n) is 7.97. The average molecular weight is 331 g/mol. The van der Waals surface area contributed by atoms with E-state index in [0.29, 0.717) is 35.2 Å². The van der Waals surface area contributed by atoms with Crippen molar-refractivity contribution in [2.75, 3.05) is 19.3 Å². The number of amides is 1. The molecule has 1 saturated carbocycles. The lowest BCUT2D eigenvalue weighted by Gasteiger charge is -2.35. The molecule has 1 amide bonds. The van der Waals surface area contributed by atoms with Crippen molar-refractivity contribution in [1.29, 1.82) is 5.26 Å². The molecule has 122 valence electrons. The molecule has 23 heavy (non-hydrogen) atoms. The van der Waals surface area contributed by atoms with Gasteiger partial charge in [-0.15, -0.1) is 11.8 Å². The van der Waals surface area contributed by atoms with Gasteiger partial charge in [0.1, 0.15) is 11.1 Å². The zero-order valence-electron chi connectivity index (χ0n) is 13.7. The molecule has 2 heterocycles. The Hall–Kier alpha value is -1.58. The van der Waals surface area contributed by atoms with Crippen LogP contribution < -0.4 is 0 Å². The lowest BCUT2D eigenvalue weighted by Crippen LogP contribution is -2.48. The third-order valence-electron chi connectivity index (χ3n) is 4.24. The van der Waals surface area contributed by atoms with Crippen LogP contribution in [0.2, 0.25) is 0 Å². The predicted molar refractivity (Wildman–Crippen MR) is 88.6 cm³/mol. The molecule has 2 fully saturated rings. The molecule has 1 aliphatic heterocycles. The highest BCUT2D eigenvalue weighted by atomic mass is 32.2. The minimum atomic E-state index is -0.0804. The van der Waals surface area contributed by atoms with Crippen molar-refractivity contribution in [1.82, 2.24) is 9.88 Å². The van der Waals surface area contributed by atoms with Gasteiger partial charge in [0.05, 0.1) is 23.3 Å². The number of ether oxygens (including phenoxy) is 1. The van der Waals surface area contributed by atoms with Crippen LogP contribution in [0.25, 0.3) is 0 Å². The van der Waals surface area contributed by atoms with Gasteiger partial charge in [-0.3, -0.25) is 4.79 Å². The number of carbonyl (C=O) groups excluding carboxylic acids is 1. The van der Waals surface area contributed by atoms with Gasteiger partial charge in [0.2, 0.25) is 0 Å². The van der Waals surface area contributed by atoms with Crippen LogP contribution in [0.15, 0.2) is 11.1 Å². The van der Waals surface area contributed by atoms with E-state index in [1.54, 1.807) is 4.90 Å². The van der Waals surface area contributed by atoms with Crippen LogP contribution in [0.5, 0.6) is 0 Å². The first kappa shape index (κ1) is 16.3. The SMILES string of the molecule is CSc1nc(C2CC2)cc(C(=O)N2C[C@@H](C)O[C@H](C)C2)c1C#N. The summed E-state index contributed by atoms with van der Waals surface area (Å²) in [5.41, 5.74) is 1.85. The van der Waals surface area contributed by atoms with Crippen LogP contribution in [0.3, 0.4) is 0 Å². The van der Waals surface area contributed by atoms with Crippen molar-refractivity contribution in [2.45, 2.75) is 49.8 Å². The van der Waals surface area contributed by atoms with Crippen LogP contribution in [-0.4, -0.2) is 47.3 Å². The summed E-state index contributed by atoms with van der Waals surface area (Å²) in [5, 5.41) is 10.2. The molecule has 3 rings (SSSR count). The maximum atomic E-state index is 13.0. The number of thioether (sulfide) groups is 1. The monoisotopic (exact) mass is 331 g/mol. The number of nitrogens with zero attached hydrogens (tertiary/aromatic N) is 3. The number of rotatable bonds is 3. The number of hydrogen-bond acceptors (Lipinski definition) is 5. The van der Waals surface area contributed by atoms with Crippen LogP contribution >= 0.6 is 11.8 Å². The van der Waals surface area contributed by atoms with Crippen molar-refractivity contribution in [2.24, 2.45) is 0 Å². The van der Waals surface area contributed by atoms with Crippen molar-refractivity contribution in [3.8, 4) is 6.07 Å². The Morgan fingerprint density at radius 1 is 1.39 bits per heavy atom. The maximum absolute atomic E-state index is 13.0. The fourth-order valence-electron chi connectivity index (χ4n) is 3.07. The van der Waals surface area contributed by atoms with Gasteiger partial charge >= 0.3 is 0 Å². The number of nitriles is 1. The number of morpholine rings is 1. The third kappa shape index (κ3) is 3.36. The van der Waals surface area contributed by atoms with E-state index in [-0.39, 0.29) is 18.1 Å². The normalized spacial score (nSPS) is 24.3. The lowest BCUT2D eigenvalue weighted by atomic mass is 10.1. The molecule has 5 nitrogen and oxygen atoms in total. The van der Waals surface area contributed by atoms with Gasteiger partial charge in [-0.2, -0.15) is 5.26 Å². The standard InChI is InChI=1S/C17H21N3O2S/c1-10-8-20(9-11(2)22-10)17(21)13-6-15(12-4-5-12)19-16(23-3)14(13)7-18/h6,10-12H,4-5,8-9H2,1-3H3/t10-,11-/m1/s1. The Bertz CT molecular complexity index is 657. The summed E-state index contributed by atoms with van der Waals surface area (Å²) in [5.74, 6) is 0.367. The van der Waals surface area contributed by atoms with Crippen molar-refractivity contribution >= 4 is 17.7 Å². The minimum absolute atomic E-state index is 0.0120. The van der Waals surface area contributed by atoms with Gasteiger partial charge in [-0.1, -0.05) is 0 Å². The van der Waals surface area contributed by atoms with Gasteiger partial charge in [0.15, 0.2) is 0 Å². The molecule has 6 heteroatoms. The molecule has 0 radical (unpaired) electrons. The molecule has 0 unspecified atom stereocenters. The highest BCUT2D eigenvalue weighted by molar-refractivity contribution is 7.98. The second kappa shape index (κ2) is 6.50. The first-order chi connectivity index (χ1) is 11.0. The summed E-state index contributed by atoms with van der Waals surface area (Å²) in [6, 6.07) is 4.02. The van der Waals surface area contributed by atoms with E-state index in [9.17, 15) is 10.1 Å². The predicted octanol–water partition coefficient (Wildman–Crippen LogP) is 2.80. The zero-order valence-corrected chi connectivity index (χ0v) is 14.5. The summed E-state index contributed by atoms with van der Waals surface area (Å²) in [6.45, 7) is 5.06. The summed E-state index contributed by atoms with van der Waals surface area (Å²) >= 11 is 1.43. The molecular formula is C17H21N3O2S. The molecule has 0 bridgehead atoms. The van der Waals surface area contributed by atoms with Crippen molar-refractivity contribution in [3.63, 3.8) is 0 Å². The molecule has 1 aliphatic carbocycles. The van der Waals surface area contributed by atoms with Gasteiger partial charge < -0.3 is 9.64 Å². The van der Waals surface area contributed by atoms with E-state index in [1.165, 1.54) is 11.8 Å². The van der Waals surface area contributed by atoms with Crippen molar-refractivity contribution < 1.29 is 9.53 Å². The van der Waals surface area contributed by atoms with Gasteiger partial charge in [0, 0.05) is 24.7 Å². The van der Waals surface area contributed by atoms with Gasteiger partial charge in [-0.05, 0) is 39.0 Å². The highest BCUT2D eigenvalue weighted by Crippen LogP contribution is 2.40. The fourth-order valence-corrected chi connectivity index (χ4v) is 3.62. The average Bonchev–Trinajstić information content (AvgIpc) is 3.36. The smallest absolute Gasteiger partial charge is 0.255 e. The molecule has 1 saturated heterocycles. The molecular weight excluding hydrogens is 310 g/mol. The highest BCUT2D eigenvalue weighted by Gasteiger charge is 2.32. The van der Waals surface area contributed by atoms with Gasteiger partial charge in [0.25, 0.3) is 5.91 Å². The van der Waals surface area contributed by atoms with Crippen molar-refractivity contribution in [3.05, 3.63) is 22.9 Å². The number of pyridine rings is 1. The van der Waals surface area contributed by atoms with Crippen LogP contribution in [0.1, 0.15) is 54.2 Å². The van der Waals surface area contributed by atoms with Gasteiger partial charge in [-0.25, -0.2) is 4.98 Å². The Morgan fingerprint density at radius 3 is 2.57 bits per heavy atom. The van der Waals surface area contributed by atoms with E-state index in [0.717, 1.165) is 18.5 Å². The molecule has 1 aromatic rings. The Balaban J connectivity index is 1.98. The van der Waals surface area contributed by atoms with Crippen LogP contribution in [-0.2, 0) is 4.74 Å². The van der Waals surface area contributed by atoms with E-state index in [4.69, 9.17) is 4.74 Å². The maximum Gasteiger partial charge on any atom is 0.255 e. The Morgan fingerprint density at radius 2 is 2.04 bits per heavy atom. The molecule has 2 atom stereocenters. The summed E-state index contributed by atoms with van der Waals surface area (Å²) in [4.78, 5) is 19.4. The Kier molecular flexibility index (Phi) is 4.60. The largest absolute Gasteiger partial charge is 0.372 e. The minimum Gasteiger partial charge on any atom is -0.372 e. The zero-order chi connectivity index (χ0) is 16.6. The molecule has 1 aromatic heterocycles. The van der Waals surface area contributed by atoms with Crippen LogP contribution in [0.4, 0.5) is 0 Å². The van der Waals surface area contributed by atoms with E-state index in [2.05, 4.69) is 11.1 Å². The number of hydrogen-bond donors (Lipinski definition) is 0. The van der Waals surface area contributed by atoms with E-state index < -0.39 is 0 Å². The first-order valence-corrected chi connectivity index (χ1v) is 9.19. The molecule has 0 N–H and O–H groups in total. The number of aromatic nitrogens is 1. The summed E-state index contributed by atoms with van der Waals surface area (Å²) in [7, 11) is 0.